The third-order valence-corrected chi connectivity index (χ3v) is 2.96. The summed E-state index contributed by atoms with van der Waals surface area (Å²) < 4.78 is 0. The molecule has 0 aromatic carbocycles. The van der Waals surface area contributed by atoms with E-state index >= 15 is 0 Å². The molecular weight excluding hydrogens is 178 g/mol. The highest BCUT2D eigenvalue weighted by Crippen LogP contribution is 2.01. The van der Waals surface area contributed by atoms with Crippen molar-refractivity contribution in [3.8, 4) is 0 Å². The van der Waals surface area contributed by atoms with E-state index in [2.05, 4.69) is 25.4 Å². The molecule has 0 aromatic rings. The molecule has 0 rings (SSSR count). The summed E-state index contributed by atoms with van der Waals surface area (Å²) in [5.41, 5.74) is 0. The number of hydrogen-bond acceptors (Lipinski definition) is 2. The Hall–Kier alpha value is 0.310. The number of rotatable bonds is 9. The van der Waals surface area contributed by atoms with Gasteiger partial charge in [-0.05, 0) is 44.7 Å². The highest BCUT2D eigenvalue weighted by atomic mass is 32.2. The van der Waals surface area contributed by atoms with Crippen molar-refractivity contribution < 1.29 is 0 Å². The van der Waals surface area contributed by atoms with Crippen LogP contribution in [0.15, 0.2) is 0 Å². The summed E-state index contributed by atoms with van der Waals surface area (Å²) in [4.78, 5) is 0. The Labute approximate surface area is 88.1 Å². The van der Waals surface area contributed by atoms with Gasteiger partial charge in [0.2, 0.25) is 0 Å². The molecule has 13 heavy (non-hydrogen) atoms. The molecule has 0 aliphatic heterocycles. The third kappa shape index (κ3) is 10.2. The van der Waals surface area contributed by atoms with E-state index in [1.807, 2.05) is 11.8 Å². The quantitative estimate of drug-likeness (QED) is 0.577. The molecule has 1 unspecified atom stereocenters. The number of hydrogen-bond donors (Lipinski definition) is 1. The molecule has 0 radical (unpaired) electrons. The summed E-state index contributed by atoms with van der Waals surface area (Å²) >= 11 is 1.95. The van der Waals surface area contributed by atoms with Crippen molar-refractivity contribution in [3.63, 3.8) is 0 Å². The maximum atomic E-state index is 3.57. The third-order valence-electron chi connectivity index (χ3n) is 2.26. The van der Waals surface area contributed by atoms with Crippen LogP contribution in [0, 0.1) is 0 Å². The zero-order valence-electron chi connectivity index (χ0n) is 9.44. The van der Waals surface area contributed by atoms with Crippen molar-refractivity contribution in [3.05, 3.63) is 0 Å². The lowest BCUT2D eigenvalue weighted by molar-refractivity contribution is 0.488. The molecule has 0 aliphatic carbocycles. The molecule has 1 N–H and O–H groups in total. The van der Waals surface area contributed by atoms with E-state index in [-0.39, 0.29) is 0 Å². The molecule has 1 nitrogen and oxygen atoms in total. The predicted octanol–water partition coefficient (Wildman–Crippen LogP) is 3.30. The van der Waals surface area contributed by atoms with Gasteiger partial charge in [-0.25, -0.2) is 0 Å². The molecule has 0 heterocycles. The lowest BCUT2D eigenvalue weighted by Gasteiger charge is -2.12. The second kappa shape index (κ2) is 10.4. The van der Waals surface area contributed by atoms with E-state index in [0.29, 0.717) is 6.04 Å². The van der Waals surface area contributed by atoms with Crippen molar-refractivity contribution in [2.45, 2.75) is 52.0 Å². The Morgan fingerprint density at radius 2 is 2.00 bits per heavy atom. The van der Waals surface area contributed by atoms with Gasteiger partial charge in [0.1, 0.15) is 0 Å². The highest BCUT2D eigenvalue weighted by Gasteiger charge is 1.98. The summed E-state index contributed by atoms with van der Waals surface area (Å²) in [6.07, 6.45) is 8.87. The van der Waals surface area contributed by atoms with Crippen molar-refractivity contribution in [1.29, 1.82) is 0 Å². The minimum Gasteiger partial charge on any atom is -0.314 e. The van der Waals surface area contributed by atoms with E-state index < -0.39 is 0 Å². The molecule has 1 atom stereocenters. The first-order chi connectivity index (χ1) is 6.31. The molecule has 0 aromatic heterocycles. The van der Waals surface area contributed by atoms with Crippen molar-refractivity contribution in [2.75, 3.05) is 18.6 Å². The summed E-state index contributed by atoms with van der Waals surface area (Å²) in [5.74, 6) is 1.31. The van der Waals surface area contributed by atoms with Gasteiger partial charge in [-0.15, -0.1) is 0 Å². The van der Waals surface area contributed by atoms with Crippen LogP contribution in [0.5, 0.6) is 0 Å². The molecule has 80 valence electrons. The lowest BCUT2D eigenvalue weighted by Crippen LogP contribution is -2.26. The predicted molar refractivity (Wildman–Crippen MR) is 64.6 cm³/mol. The van der Waals surface area contributed by atoms with Crippen molar-refractivity contribution in [2.24, 2.45) is 0 Å². The zero-order valence-corrected chi connectivity index (χ0v) is 10.3. The lowest BCUT2D eigenvalue weighted by atomic mass is 10.1. The molecule has 2 heteroatoms. The van der Waals surface area contributed by atoms with Crippen LogP contribution in [0.25, 0.3) is 0 Å². The van der Waals surface area contributed by atoms with Gasteiger partial charge >= 0.3 is 0 Å². The van der Waals surface area contributed by atoms with Crippen LogP contribution in [-0.4, -0.2) is 24.6 Å². The fourth-order valence-electron chi connectivity index (χ4n) is 1.33. The smallest absolute Gasteiger partial charge is 0.00387 e. The molecule has 0 saturated heterocycles. The zero-order chi connectivity index (χ0) is 9.94. The van der Waals surface area contributed by atoms with Crippen molar-refractivity contribution in [1.82, 2.24) is 5.32 Å². The number of thioether (sulfide) groups is 1. The first-order valence-corrected chi connectivity index (χ1v) is 6.93. The average Bonchev–Trinajstić information content (AvgIpc) is 2.14. The second-order valence-electron chi connectivity index (χ2n) is 3.70. The van der Waals surface area contributed by atoms with E-state index in [1.54, 1.807) is 0 Å². The molecule has 0 amide bonds. The summed E-state index contributed by atoms with van der Waals surface area (Å²) in [7, 11) is 0. The maximum Gasteiger partial charge on any atom is 0.00387 e. The van der Waals surface area contributed by atoms with Crippen LogP contribution in [0.4, 0.5) is 0 Å². The fraction of sp³-hybridized carbons (Fsp3) is 1.00. The van der Waals surface area contributed by atoms with Crippen LogP contribution in [-0.2, 0) is 0 Å². The fourth-order valence-corrected chi connectivity index (χ4v) is 1.83. The van der Waals surface area contributed by atoms with E-state index in [4.69, 9.17) is 0 Å². The topological polar surface area (TPSA) is 12.0 Å². The van der Waals surface area contributed by atoms with Crippen LogP contribution in [0.3, 0.4) is 0 Å². The van der Waals surface area contributed by atoms with Crippen LogP contribution in [0.1, 0.15) is 46.0 Å². The summed E-state index contributed by atoms with van der Waals surface area (Å²) in [5, 5.41) is 3.57. The Morgan fingerprint density at radius 1 is 1.23 bits per heavy atom. The van der Waals surface area contributed by atoms with Crippen molar-refractivity contribution >= 4 is 11.8 Å². The molecule has 0 aliphatic rings. The van der Waals surface area contributed by atoms with E-state index in [0.717, 1.165) is 0 Å². The maximum absolute atomic E-state index is 3.57. The number of nitrogens with one attached hydrogen (secondary N) is 1. The van der Waals surface area contributed by atoms with Gasteiger partial charge in [0.15, 0.2) is 0 Å². The molecule has 0 fully saturated rings. The van der Waals surface area contributed by atoms with Gasteiger partial charge in [0.05, 0.1) is 0 Å². The Balaban J connectivity index is 3.03. The van der Waals surface area contributed by atoms with E-state index in [1.165, 1.54) is 44.4 Å². The van der Waals surface area contributed by atoms with Gasteiger partial charge in [-0.2, -0.15) is 11.8 Å². The minimum absolute atomic E-state index is 0.717. The Morgan fingerprint density at radius 3 is 2.62 bits per heavy atom. The first-order valence-electron chi connectivity index (χ1n) is 5.53. The Kier molecular flexibility index (Phi) is 10.6. The Bertz CT molecular complexity index is 96.1. The first kappa shape index (κ1) is 13.3. The SMILES string of the molecule is CCCCC(C)NCCCCSC. The standard InChI is InChI=1S/C11H25NS/c1-4-5-8-11(2)12-9-6-7-10-13-3/h11-12H,4-10H2,1-3H3. The summed E-state index contributed by atoms with van der Waals surface area (Å²) in [6, 6.07) is 0.717. The van der Waals surface area contributed by atoms with Crippen LogP contribution in [0.2, 0.25) is 0 Å². The monoisotopic (exact) mass is 203 g/mol. The van der Waals surface area contributed by atoms with Gasteiger partial charge in [-0.1, -0.05) is 19.8 Å². The molecule has 0 bridgehead atoms. The van der Waals surface area contributed by atoms with Gasteiger partial charge < -0.3 is 5.32 Å². The van der Waals surface area contributed by atoms with Gasteiger partial charge in [0, 0.05) is 6.04 Å². The summed E-state index contributed by atoms with van der Waals surface area (Å²) in [6.45, 7) is 5.75. The number of unbranched alkanes of at least 4 members (excludes halogenated alkanes) is 2. The van der Waals surface area contributed by atoms with Crippen LogP contribution < -0.4 is 5.32 Å². The largest absolute Gasteiger partial charge is 0.314 e. The molecule has 0 spiro atoms. The van der Waals surface area contributed by atoms with Crippen LogP contribution >= 0.6 is 11.8 Å². The second-order valence-corrected chi connectivity index (χ2v) is 4.68. The minimum atomic E-state index is 0.717. The highest BCUT2D eigenvalue weighted by molar-refractivity contribution is 7.98. The molecule has 0 saturated carbocycles. The normalized spacial score (nSPS) is 13.2. The van der Waals surface area contributed by atoms with E-state index in [9.17, 15) is 0 Å². The van der Waals surface area contributed by atoms with Gasteiger partial charge in [-0.3, -0.25) is 0 Å². The molecular formula is C11H25NS. The average molecular weight is 203 g/mol. The van der Waals surface area contributed by atoms with Gasteiger partial charge in [0.25, 0.3) is 0 Å².